The monoisotopic (exact) mass is 309 g/mol. The van der Waals surface area contributed by atoms with Gasteiger partial charge in [-0.3, -0.25) is 4.90 Å². The average molecular weight is 310 g/mol. The lowest BCUT2D eigenvalue weighted by Crippen LogP contribution is -2.59. The van der Waals surface area contributed by atoms with Crippen molar-refractivity contribution in [2.24, 2.45) is 0 Å². The summed E-state index contributed by atoms with van der Waals surface area (Å²) in [6.45, 7) is 12.7. The zero-order valence-electron chi connectivity index (χ0n) is 14.1. The molecule has 0 saturated carbocycles. The van der Waals surface area contributed by atoms with Crippen LogP contribution in [0.1, 0.15) is 57.2 Å². The van der Waals surface area contributed by atoms with E-state index in [9.17, 15) is 0 Å². The molecule has 4 heteroatoms. The largest absolute Gasteiger partial charge is 0.312 e. The Labute approximate surface area is 134 Å². The topological polar surface area (TPSA) is 28.2 Å². The molecule has 2 heterocycles. The molecular weight excluding hydrogens is 278 g/mol. The van der Waals surface area contributed by atoms with Gasteiger partial charge < -0.3 is 5.32 Å². The van der Waals surface area contributed by atoms with E-state index >= 15 is 0 Å². The van der Waals surface area contributed by atoms with Gasteiger partial charge in [0.2, 0.25) is 0 Å². The number of piperidine rings is 1. The molecule has 1 fully saturated rings. The first-order valence-corrected chi connectivity index (χ1v) is 9.31. The lowest BCUT2D eigenvalue weighted by atomic mass is 9.87. The highest BCUT2D eigenvalue weighted by Crippen LogP contribution is 2.26. The van der Waals surface area contributed by atoms with Gasteiger partial charge in [0.1, 0.15) is 0 Å². The first kappa shape index (κ1) is 16.9. The standard InChI is InChI=1S/C17H31N3S/c1-5-9-18-16(12-15-13-21-14(2)19-15)17(3,4)20-10-7-6-8-11-20/h13,16,18H,5-12H2,1-4H3. The maximum Gasteiger partial charge on any atom is 0.0897 e. The van der Waals surface area contributed by atoms with E-state index in [0.717, 1.165) is 13.0 Å². The Kier molecular flexibility index (Phi) is 6.20. The molecule has 1 atom stereocenters. The summed E-state index contributed by atoms with van der Waals surface area (Å²) in [5, 5.41) is 7.19. The van der Waals surface area contributed by atoms with Crippen molar-refractivity contribution in [1.29, 1.82) is 0 Å². The minimum atomic E-state index is 0.188. The van der Waals surface area contributed by atoms with Crippen molar-refractivity contribution >= 4 is 11.3 Å². The zero-order valence-corrected chi connectivity index (χ0v) is 14.9. The van der Waals surface area contributed by atoms with Crippen LogP contribution in [0, 0.1) is 6.92 Å². The number of hydrogen-bond donors (Lipinski definition) is 1. The molecule has 120 valence electrons. The molecule has 0 aliphatic carbocycles. The summed E-state index contributed by atoms with van der Waals surface area (Å²) in [7, 11) is 0. The highest BCUT2D eigenvalue weighted by Gasteiger charge is 2.35. The van der Waals surface area contributed by atoms with Crippen LogP contribution in [0.5, 0.6) is 0 Å². The minimum Gasteiger partial charge on any atom is -0.312 e. The van der Waals surface area contributed by atoms with E-state index in [0.29, 0.717) is 6.04 Å². The van der Waals surface area contributed by atoms with Gasteiger partial charge in [-0.2, -0.15) is 0 Å². The molecule has 1 aromatic rings. The molecule has 0 spiro atoms. The fourth-order valence-electron chi connectivity index (χ4n) is 3.29. The summed E-state index contributed by atoms with van der Waals surface area (Å²) in [5.74, 6) is 0. The Hall–Kier alpha value is -0.450. The maximum atomic E-state index is 4.68. The van der Waals surface area contributed by atoms with Crippen molar-refractivity contribution < 1.29 is 0 Å². The Balaban J connectivity index is 2.08. The van der Waals surface area contributed by atoms with Gasteiger partial charge in [-0.25, -0.2) is 4.98 Å². The van der Waals surface area contributed by atoms with E-state index in [1.54, 1.807) is 11.3 Å². The van der Waals surface area contributed by atoms with Crippen LogP contribution in [0.3, 0.4) is 0 Å². The predicted octanol–water partition coefficient (Wildman–Crippen LogP) is 3.63. The molecule has 1 aliphatic rings. The average Bonchev–Trinajstić information content (AvgIpc) is 2.89. The van der Waals surface area contributed by atoms with Crippen LogP contribution >= 0.6 is 11.3 Å². The third-order valence-corrected chi connectivity index (χ3v) is 5.57. The lowest BCUT2D eigenvalue weighted by Gasteiger charge is -2.46. The summed E-state index contributed by atoms with van der Waals surface area (Å²) in [4.78, 5) is 7.36. The summed E-state index contributed by atoms with van der Waals surface area (Å²) in [5.41, 5.74) is 1.43. The molecule has 1 aromatic heterocycles. The highest BCUT2D eigenvalue weighted by molar-refractivity contribution is 7.09. The molecular formula is C17H31N3S. The number of likely N-dealkylation sites (tertiary alicyclic amines) is 1. The van der Waals surface area contributed by atoms with Crippen molar-refractivity contribution in [2.45, 2.75) is 71.4 Å². The number of nitrogens with one attached hydrogen (secondary N) is 1. The SMILES string of the molecule is CCCNC(Cc1csc(C)n1)C(C)(C)N1CCCCC1. The van der Waals surface area contributed by atoms with Crippen LogP contribution < -0.4 is 5.32 Å². The zero-order chi connectivity index (χ0) is 15.3. The maximum absolute atomic E-state index is 4.68. The van der Waals surface area contributed by atoms with Gasteiger partial charge in [-0.1, -0.05) is 13.3 Å². The first-order valence-electron chi connectivity index (χ1n) is 8.43. The summed E-state index contributed by atoms with van der Waals surface area (Å²) in [6, 6.07) is 0.469. The second-order valence-corrected chi connectivity index (χ2v) is 7.83. The second kappa shape index (κ2) is 7.70. The van der Waals surface area contributed by atoms with Crippen molar-refractivity contribution in [3.8, 4) is 0 Å². The molecule has 0 amide bonds. The fourth-order valence-corrected chi connectivity index (χ4v) is 3.92. The smallest absolute Gasteiger partial charge is 0.0897 e. The van der Waals surface area contributed by atoms with Crippen molar-refractivity contribution in [2.75, 3.05) is 19.6 Å². The van der Waals surface area contributed by atoms with Crippen molar-refractivity contribution in [3.05, 3.63) is 16.1 Å². The van der Waals surface area contributed by atoms with Gasteiger partial charge >= 0.3 is 0 Å². The number of aromatic nitrogens is 1. The number of aryl methyl sites for hydroxylation is 1. The van der Waals surface area contributed by atoms with Gasteiger partial charge in [-0.15, -0.1) is 11.3 Å². The fraction of sp³-hybridized carbons (Fsp3) is 0.824. The molecule has 0 bridgehead atoms. The third kappa shape index (κ3) is 4.51. The molecule has 1 saturated heterocycles. The molecule has 21 heavy (non-hydrogen) atoms. The molecule has 1 N–H and O–H groups in total. The van der Waals surface area contributed by atoms with Gasteiger partial charge in [0, 0.05) is 23.4 Å². The van der Waals surface area contributed by atoms with Gasteiger partial charge in [0.15, 0.2) is 0 Å². The van der Waals surface area contributed by atoms with Crippen LogP contribution in [0.4, 0.5) is 0 Å². The van der Waals surface area contributed by atoms with Crippen LogP contribution in [0.2, 0.25) is 0 Å². The molecule has 1 unspecified atom stereocenters. The predicted molar refractivity (Wildman–Crippen MR) is 92.1 cm³/mol. The summed E-state index contributed by atoms with van der Waals surface area (Å²) < 4.78 is 0. The third-order valence-electron chi connectivity index (χ3n) is 4.74. The van der Waals surface area contributed by atoms with E-state index in [1.807, 2.05) is 0 Å². The van der Waals surface area contributed by atoms with Gasteiger partial charge in [-0.05, 0) is 59.7 Å². The molecule has 3 nitrogen and oxygen atoms in total. The molecule has 1 aliphatic heterocycles. The van der Waals surface area contributed by atoms with Crippen molar-refractivity contribution in [3.63, 3.8) is 0 Å². The Morgan fingerprint density at radius 3 is 2.62 bits per heavy atom. The molecule has 0 radical (unpaired) electrons. The molecule has 0 aromatic carbocycles. The summed E-state index contributed by atoms with van der Waals surface area (Å²) >= 11 is 1.76. The number of nitrogens with zero attached hydrogens (tertiary/aromatic N) is 2. The normalized spacial score (nSPS) is 18.9. The Morgan fingerprint density at radius 2 is 2.05 bits per heavy atom. The first-order chi connectivity index (χ1) is 10.0. The highest BCUT2D eigenvalue weighted by atomic mass is 32.1. The Bertz CT molecular complexity index is 421. The van der Waals surface area contributed by atoms with Crippen LogP contribution in [0.15, 0.2) is 5.38 Å². The Morgan fingerprint density at radius 1 is 1.33 bits per heavy atom. The van der Waals surface area contributed by atoms with Crippen LogP contribution in [-0.2, 0) is 6.42 Å². The van der Waals surface area contributed by atoms with Crippen LogP contribution in [-0.4, -0.2) is 41.1 Å². The summed E-state index contributed by atoms with van der Waals surface area (Å²) in [6.07, 6.45) is 6.31. The number of rotatable bonds is 7. The van der Waals surface area contributed by atoms with Gasteiger partial charge in [0.25, 0.3) is 0 Å². The van der Waals surface area contributed by atoms with Gasteiger partial charge in [0.05, 0.1) is 10.7 Å². The number of thiazole rings is 1. The quantitative estimate of drug-likeness (QED) is 0.833. The minimum absolute atomic E-state index is 0.188. The van der Waals surface area contributed by atoms with E-state index in [-0.39, 0.29) is 5.54 Å². The van der Waals surface area contributed by atoms with Crippen molar-refractivity contribution in [1.82, 2.24) is 15.2 Å². The van der Waals surface area contributed by atoms with E-state index < -0.39 is 0 Å². The second-order valence-electron chi connectivity index (χ2n) is 6.77. The van der Waals surface area contributed by atoms with Crippen LogP contribution in [0.25, 0.3) is 0 Å². The van der Waals surface area contributed by atoms with E-state index in [1.165, 1.54) is 49.5 Å². The van der Waals surface area contributed by atoms with E-state index in [4.69, 9.17) is 0 Å². The molecule has 2 rings (SSSR count). The lowest BCUT2D eigenvalue weighted by molar-refractivity contribution is 0.0608. The van der Waals surface area contributed by atoms with E-state index in [2.05, 4.69) is 48.3 Å². The number of hydrogen-bond acceptors (Lipinski definition) is 4.